The van der Waals surface area contributed by atoms with Gasteiger partial charge in [-0.2, -0.15) is 8.42 Å². The van der Waals surface area contributed by atoms with Crippen LogP contribution in [0.5, 0.6) is 0 Å². The Labute approximate surface area is 149 Å². The van der Waals surface area contributed by atoms with E-state index in [1.54, 1.807) is 0 Å². The molecule has 1 aliphatic rings. The van der Waals surface area contributed by atoms with Crippen LogP contribution in [0.1, 0.15) is 22.8 Å². The molecule has 0 fully saturated rings. The molecule has 1 heterocycles. The van der Waals surface area contributed by atoms with Gasteiger partial charge in [0.1, 0.15) is 6.10 Å². The first-order chi connectivity index (χ1) is 11.9. The Kier molecular flexibility index (Phi) is 7.10. The highest BCUT2D eigenvalue weighted by atomic mass is 32.3. The molecular weight excluding hydrogens is 342 g/mol. The molecule has 136 valence electrons. The van der Waals surface area contributed by atoms with Gasteiger partial charge in [-0.1, -0.05) is 54.6 Å². The van der Waals surface area contributed by atoms with E-state index in [0.717, 1.165) is 26.8 Å². The summed E-state index contributed by atoms with van der Waals surface area (Å²) in [7, 11) is -1.15. The van der Waals surface area contributed by atoms with Crippen LogP contribution in [0.4, 0.5) is 0 Å². The summed E-state index contributed by atoms with van der Waals surface area (Å²) in [6, 6.07) is 19.1. The maximum absolute atomic E-state index is 9.33. The lowest BCUT2D eigenvalue weighted by molar-refractivity contribution is 0.0554. The first-order valence-electron chi connectivity index (χ1n) is 7.86. The van der Waals surface area contributed by atoms with Crippen molar-refractivity contribution < 1.29 is 21.9 Å². The molecule has 0 radical (unpaired) electrons. The third-order valence-electron chi connectivity index (χ3n) is 3.85. The molecule has 0 aromatic heterocycles. The topological polar surface area (TPSA) is 76.1 Å². The van der Waals surface area contributed by atoms with Crippen molar-refractivity contribution in [3.63, 3.8) is 0 Å². The summed E-state index contributed by atoms with van der Waals surface area (Å²) in [6.07, 6.45) is 0.0612. The molecule has 2 aromatic rings. The molecule has 25 heavy (non-hydrogen) atoms. The maximum Gasteiger partial charge on any atom is 0.397 e. The van der Waals surface area contributed by atoms with E-state index in [4.69, 9.17) is 9.29 Å². The van der Waals surface area contributed by atoms with Crippen LogP contribution < -0.4 is 0 Å². The van der Waals surface area contributed by atoms with E-state index in [2.05, 4.69) is 64.7 Å². The predicted molar refractivity (Wildman–Crippen MR) is 95.6 cm³/mol. The Balaban J connectivity index is 0.000000326. The van der Waals surface area contributed by atoms with Gasteiger partial charge in [-0.25, -0.2) is 0 Å². The summed E-state index contributed by atoms with van der Waals surface area (Å²) in [5, 5.41) is 0. The normalized spacial score (nSPS) is 18.3. The van der Waals surface area contributed by atoms with Gasteiger partial charge in [0.2, 0.25) is 0 Å². The minimum atomic E-state index is -4.16. The van der Waals surface area contributed by atoms with Crippen molar-refractivity contribution in [2.75, 3.05) is 27.3 Å². The van der Waals surface area contributed by atoms with Crippen molar-refractivity contribution in [3.05, 3.63) is 71.3 Å². The zero-order chi connectivity index (χ0) is 18.3. The summed E-state index contributed by atoms with van der Waals surface area (Å²) in [5.74, 6) is 0. The summed E-state index contributed by atoms with van der Waals surface area (Å²) in [6.45, 7) is 2.73. The van der Waals surface area contributed by atoms with Crippen molar-refractivity contribution in [2.45, 2.75) is 12.6 Å². The number of hydrogen-bond donors (Lipinski definition) is 1. The van der Waals surface area contributed by atoms with Crippen molar-refractivity contribution in [2.24, 2.45) is 0 Å². The molecule has 3 rings (SSSR count). The van der Waals surface area contributed by atoms with Crippen molar-refractivity contribution in [3.8, 4) is 0 Å². The van der Waals surface area contributed by atoms with E-state index >= 15 is 0 Å². The van der Waals surface area contributed by atoms with Crippen LogP contribution in [-0.2, 0) is 25.9 Å². The highest BCUT2D eigenvalue weighted by Crippen LogP contribution is 2.30. The smallest absolute Gasteiger partial charge is 0.367 e. The zero-order valence-electron chi connectivity index (χ0n) is 14.3. The predicted octanol–water partition coefficient (Wildman–Crippen LogP) is 2.67. The van der Waals surface area contributed by atoms with Gasteiger partial charge in [0.15, 0.2) is 0 Å². The Hall–Kier alpha value is -1.77. The number of fused-ring (bicyclic) bond motifs is 1. The van der Waals surface area contributed by atoms with E-state index in [-0.39, 0.29) is 6.10 Å². The Bertz CT molecular complexity index is 764. The molecule has 0 spiro atoms. The van der Waals surface area contributed by atoms with Crippen LogP contribution in [0.15, 0.2) is 54.6 Å². The van der Waals surface area contributed by atoms with Crippen LogP contribution in [0, 0.1) is 0 Å². The van der Waals surface area contributed by atoms with E-state index < -0.39 is 10.4 Å². The number of benzene rings is 2. The highest BCUT2D eigenvalue weighted by Gasteiger charge is 2.20. The first-order valence-corrected chi connectivity index (χ1v) is 9.23. The molecule has 2 aromatic carbocycles. The molecule has 1 unspecified atom stereocenters. The van der Waals surface area contributed by atoms with Crippen LogP contribution in [0.25, 0.3) is 0 Å². The summed E-state index contributed by atoms with van der Waals surface area (Å²) in [5.41, 5.74) is 3.89. The van der Waals surface area contributed by atoms with Crippen molar-refractivity contribution in [1.29, 1.82) is 0 Å². The van der Waals surface area contributed by atoms with Crippen LogP contribution >= 0.6 is 0 Å². The third kappa shape index (κ3) is 6.22. The molecule has 7 heteroatoms. The summed E-state index contributed by atoms with van der Waals surface area (Å²) in [4.78, 5) is 2.31. The van der Waals surface area contributed by atoms with Crippen LogP contribution in [0.2, 0.25) is 0 Å². The molecule has 1 atom stereocenters. The molecular formula is C18H23NO5S. The third-order valence-corrected chi connectivity index (χ3v) is 4.27. The molecule has 0 saturated heterocycles. The van der Waals surface area contributed by atoms with Crippen molar-refractivity contribution >= 4 is 10.4 Å². The zero-order valence-corrected chi connectivity index (χ0v) is 15.1. The van der Waals surface area contributed by atoms with Crippen molar-refractivity contribution in [1.82, 2.24) is 4.90 Å². The van der Waals surface area contributed by atoms with E-state index in [1.807, 2.05) is 6.07 Å². The molecule has 1 N–H and O–H groups in total. The second kappa shape index (κ2) is 9.07. The average molecular weight is 365 g/mol. The fourth-order valence-corrected chi connectivity index (χ4v) is 2.62. The van der Waals surface area contributed by atoms with Gasteiger partial charge in [0.05, 0.1) is 13.7 Å². The number of likely N-dealkylation sites (N-methyl/N-ethyl adjacent to an activating group) is 1. The number of nitrogens with zero attached hydrogens (tertiary/aromatic N) is 1. The van der Waals surface area contributed by atoms with Gasteiger partial charge in [0, 0.05) is 13.1 Å². The lowest BCUT2D eigenvalue weighted by Crippen LogP contribution is -2.27. The number of ether oxygens (including phenoxy) is 1. The van der Waals surface area contributed by atoms with Gasteiger partial charge in [-0.15, -0.1) is 0 Å². The Morgan fingerprint density at radius 3 is 2.36 bits per heavy atom. The molecule has 6 nitrogen and oxygen atoms in total. The SMILES string of the molecule is CN1CCOC(c2ccccc2)c2ccccc2C1.COS(=O)(=O)O. The second-order valence-electron chi connectivity index (χ2n) is 5.69. The summed E-state index contributed by atoms with van der Waals surface area (Å²) >= 11 is 0. The van der Waals surface area contributed by atoms with E-state index in [9.17, 15) is 8.42 Å². The molecule has 0 aliphatic carbocycles. The number of hydrogen-bond acceptors (Lipinski definition) is 5. The molecule has 0 amide bonds. The fraction of sp³-hybridized carbons (Fsp3) is 0.333. The maximum atomic E-state index is 9.33. The minimum Gasteiger partial charge on any atom is -0.367 e. The fourth-order valence-electron chi connectivity index (χ4n) is 2.62. The Morgan fingerprint density at radius 1 is 1.12 bits per heavy atom. The van der Waals surface area contributed by atoms with E-state index in [1.165, 1.54) is 16.7 Å². The van der Waals surface area contributed by atoms with Gasteiger partial charge in [-0.05, 0) is 23.7 Å². The highest BCUT2D eigenvalue weighted by molar-refractivity contribution is 7.80. The van der Waals surface area contributed by atoms with Gasteiger partial charge in [-0.3, -0.25) is 13.6 Å². The monoisotopic (exact) mass is 365 g/mol. The lowest BCUT2D eigenvalue weighted by atomic mass is 9.96. The quantitative estimate of drug-likeness (QED) is 0.825. The Morgan fingerprint density at radius 2 is 1.72 bits per heavy atom. The van der Waals surface area contributed by atoms with Gasteiger partial charge < -0.3 is 4.74 Å². The molecule has 0 saturated carbocycles. The summed E-state index contributed by atoms with van der Waals surface area (Å²) < 4.78 is 35.8. The van der Waals surface area contributed by atoms with Crippen LogP contribution in [0.3, 0.4) is 0 Å². The molecule has 0 bridgehead atoms. The first kappa shape index (κ1) is 19.6. The largest absolute Gasteiger partial charge is 0.397 e. The standard InChI is InChI=1S/C17H19NO.CH4O4S/c1-18-11-12-19-17(14-7-3-2-4-8-14)16-10-6-5-9-15(16)13-18;1-5-6(2,3)4/h2-10,17H,11-13H2,1H3;1H3,(H,2,3,4). The van der Waals surface area contributed by atoms with Gasteiger partial charge in [0.25, 0.3) is 0 Å². The molecule has 1 aliphatic heterocycles. The van der Waals surface area contributed by atoms with E-state index in [0.29, 0.717) is 0 Å². The van der Waals surface area contributed by atoms with Crippen LogP contribution in [-0.4, -0.2) is 45.2 Å². The minimum absolute atomic E-state index is 0.0612. The average Bonchev–Trinajstić information content (AvgIpc) is 2.58. The lowest BCUT2D eigenvalue weighted by Gasteiger charge is -2.28. The van der Waals surface area contributed by atoms with Gasteiger partial charge >= 0.3 is 10.4 Å². The second-order valence-corrected chi connectivity index (χ2v) is 6.88. The number of rotatable bonds is 2.